The number of nitrogens with zero attached hydrogens (tertiary/aromatic N) is 1. The first kappa shape index (κ1) is 16.0. The molecule has 1 fully saturated rings. The summed E-state index contributed by atoms with van der Waals surface area (Å²) in [6.45, 7) is 3.23. The Hall–Kier alpha value is -0.420. The summed E-state index contributed by atoms with van der Waals surface area (Å²) >= 11 is 3.66. The maximum atomic E-state index is 9.17. The second-order valence-corrected chi connectivity index (χ2v) is 6.58. The lowest BCUT2D eigenvalue weighted by Crippen LogP contribution is -2.48. The fourth-order valence-corrected chi connectivity index (χ4v) is 3.52. The van der Waals surface area contributed by atoms with Gasteiger partial charge in [-0.2, -0.15) is 0 Å². The normalized spacial score (nSPS) is 18.9. The van der Waals surface area contributed by atoms with Crippen molar-refractivity contribution in [2.24, 2.45) is 5.73 Å². The Morgan fingerprint density at radius 2 is 2.10 bits per heavy atom. The largest absolute Gasteiger partial charge is 0.396 e. The Bertz CT molecular complexity index is 421. The molecule has 3 nitrogen and oxygen atoms in total. The first-order valence-corrected chi connectivity index (χ1v) is 8.31. The lowest BCUT2D eigenvalue weighted by molar-refractivity contribution is 0.0610. The molecule has 1 aromatic rings. The van der Waals surface area contributed by atoms with Crippen molar-refractivity contribution < 1.29 is 5.11 Å². The summed E-state index contributed by atoms with van der Waals surface area (Å²) in [7, 11) is 0. The van der Waals surface area contributed by atoms with Gasteiger partial charge >= 0.3 is 0 Å². The van der Waals surface area contributed by atoms with E-state index in [-0.39, 0.29) is 18.7 Å². The summed E-state index contributed by atoms with van der Waals surface area (Å²) in [5.74, 6) is 0. The van der Waals surface area contributed by atoms with Crippen LogP contribution in [0, 0.1) is 0 Å². The quantitative estimate of drug-likeness (QED) is 0.801. The zero-order valence-electron chi connectivity index (χ0n) is 12.1. The first-order chi connectivity index (χ1) is 9.65. The minimum absolute atomic E-state index is 0.0630. The Morgan fingerprint density at radius 3 is 2.60 bits per heavy atom. The number of aliphatic hydroxyl groups excluding tert-OH is 1. The van der Waals surface area contributed by atoms with Crippen LogP contribution in [0.5, 0.6) is 0 Å². The van der Waals surface area contributed by atoms with E-state index < -0.39 is 0 Å². The van der Waals surface area contributed by atoms with Gasteiger partial charge < -0.3 is 10.8 Å². The zero-order valence-corrected chi connectivity index (χ0v) is 13.7. The van der Waals surface area contributed by atoms with Crippen molar-refractivity contribution in [1.29, 1.82) is 0 Å². The smallest absolute Gasteiger partial charge is 0.0510 e. The fourth-order valence-electron chi connectivity index (χ4n) is 3.00. The molecule has 112 valence electrons. The molecular weight excluding hydrogens is 316 g/mol. The fraction of sp³-hybridized carbons (Fsp3) is 0.625. The molecule has 1 aliphatic carbocycles. The highest BCUT2D eigenvalue weighted by Crippen LogP contribution is 2.36. The monoisotopic (exact) mass is 340 g/mol. The Labute approximate surface area is 130 Å². The molecule has 0 amide bonds. The number of hydrogen-bond donors (Lipinski definition) is 2. The molecule has 0 aliphatic heterocycles. The summed E-state index contributed by atoms with van der Waals surface area (Å²) in [5.41, 5.74) is 7.56. The highest BCUT2D eigenvalue weighted by atomic mass is 79.9. The van der Waals surface area contributed by atoms with E-state index in [2.05, 4.69) is 46.0 Å². The number of aliphatic hydroxyl groups is 1. The summed E-state index contributed by atoms with van der Waals surface area (Å²) in [5, 5.41) is 9.17. The lowest BCUT2D eigenvalue weighted by Gasteiger charge is -2.44. The predicted molar refractivity (Wildman–Crippen MR) is 86.6 cm³/mol. The van der Waals surface area contributed by atoms with Crippen LogP contribution in [0.3, 0.4) is 0 Å². The minimum Gasteiger partial charge on any atom is -0.396 e. The van der Waals surface area contributed by atoms with Crippen molar-refractivity contribution >= 4 is 15.9 Å². The van der Waals surface area contributed by atoms with Gasteiger partial charge in [0.2, 0.25) is 0 Å². The molecule has 1 aromatic carbocycles. The maximum Gasteiger partial charge on any atom is 0.0510 e. The molecule has 1 aliphatic rings. The van der Waals surface area contributed by atoms with E-state index in [9.17, 15) is 0 Å². The van der Waals surface area contributed by atoms with Crippen molar-refractivity contribution in [3.63, 3.8) is 0 Å². The Morgan fingerprint density at radius 1 is 1.40 bits per heavy atom. The van der Waals surface area contributed by atoms with Crippen LogP contribution in [0.4, 0.5) is 0 Å². The highest BCUT2D eigenvalue weighted by Gasteiger charge is 2.33. The average Bonchev–Trinajstić information content (AvgIpc) is 2.35. The van der Waals surface area contributed by atoms with E-state index in [1.54, 1.807) is 0 Å². The number of hydrogen-bond acceptors (Lipinski definition) is 3. The molecule has 0 aromatic heterocycles. The summed E-state index contributed by atoms with van der Waals surface area (Å²) in [4.78, 5) is 2.50. The van der Waals surface area contributed by atoms with Gasteiger partial charge in [0.15, 0.2) is 0 Å². The molecule has 20 heavy (non-hydrogen) atoms. The van der Waals surface area contributed by atoms with Crippen LogP contribution in [-0.4, -0.2) is 35.2 Å². The number of halogens is 1. The number of rotatable bonds is 7. The van der Waals surface area contributed by atoms with Crippen molar-refractivity contribution in [2.45, 2.75) is 50.7 Å². The maximum absolute atomic E-state index is 9.17. The van der Waals surface area contributed by atoms with Crippen molar-refractivity contribution in [3.8, 4) is 0 Å². The van der Waals surface area contributed by atoms with Gasteiger partial charge in [0, 0.05) is 29.7 Å². The van der Waals surface area contributed by atoms with Crippen LogP contribution in [0.25, 0.3) is 0 Å². The number of nitrogens with two attached hydrogens (primary N) is 1. The third-order valence-corrected chi connectivity index (χ3v) is 4.92. The van der Waals surface area contributed by atoms with Crippen LogP contribution >= 0.6 is 15.9 Å². The van der Waals surface area contributed by atoms with Crippen molar-refractivity contribution in [2.75, 3.05) is 13.2 Å². The topological polar surface area (TPSA) is 49.5 Å². The minimum atomic E-state index is 0.0630. The molecule has 0 saturated heterocycles. The second-order valence-electron chi connectivity index (χ2n) is 5.73. The summed E-state index contributed by atoms with van der Waals surface area (Å²) in [6.07, 6.45) is 4.62. The average molecular weight is 341 g/mol. The Kier molecular flexibility index (Phi) is 6.02. The van der Waals surface area contributed by atoms with Crippen molar-refractivity contribution in [1.82, 2.24) is 4.90 Å². The van der Waals surface area contributed by atoms with Gasteiger partial charge in [0.25, 0.3) is 0 Å². The van der Waals surface area contributed by atoms with Gasteiger partial charge in [-0.05, 0) is 37.8 Å². The second kappa shape index (κ2) is 7.55. The van der Waals surface area contributed by atoms with E-state index in [4.69, 9.17) is 10.8 Å². The third kappa shape index (κ3) is 3.61. The molecule has 3 N–H and O–H groups in total. The molecule has 1 saturated carbocycles. The molecular formula is C16H25BrN2O. The van der Waals surface area contributed by atoms with Crippen LogP contribution < -0.4 is 5.73 Å². The van der Waals surface area contributed by atoms with E-state index in [0.29, 0.717) is 6.04 Å². The zero-order chi connectivity index (χ0) is 14.5. The highest BCUT2D eigenvalue weighted by molar-refractivity contribution is 9.10. The Balaban J connectivity index is 2.26. The standard InChI is InChI=1S/C16H25BrN2O/c1-12(18)16(14-8-2-3-9-15(14)17)19(10-5-11-20)13-6-4-7-13/h2-3,8-9,12-13,16,20H,4-7,10-11,18H2,1H3. The van der Waals surface area contributed by atoms with Gasteiger partial charge in [0.05, 0.1) is 6.04 Å². The van der Waals surface area contributed by atoms with Crippen LogP contribution in [-0.2, 0) is 0 Å². The molecule has 2 rings (SSSR count). The molecule has 4 heteroatoms. The molecule has 0 spiro atoms. The third-order valence-electron chi connectivity index (χ3n) is 4.20. The molecule has 2 atom stereocenters. The number of benzene rings is 1. The van der Waals surface area contributed by atoms with Gasteiger partial charge in [-0.3, -0.25) is 4.90 Å². The van der Waals surface area contributed by atoms with Crippen LogP contribution in [0.2, 0.25) is 0 Å². The van der Waals surface area contributed by atoms with E-state index in [1.807, 2.05) is 6.07 Å². The SMILES string of the molecule is CC(N)C(c1ccccc1Br)N(CCCO)C1CCC1. The molecule has 2 unspecified atom stereocenters. The van der Waals surface area contributed by atoms with Gasteiger partial charge in [-0.15, -0.1) is 0 Å². The molecule has 0 radical (unpaired) electrons. The summed E-state index contributed by atoms with van der Waals surface area (Å²) in [6, 6.07) is 9.23. The van der Waals surface area contributed by atoms with Gasteiger partial charge in [-0.25, -0.2) is 0 Å². The molecule has 0 heterocycles. The van der Waals surface area contributed by atoms with Crippen LogP contribution in [0.15, 0.2) is 28.7 Å². The van der Waals surface area contributed by atoms with E-state index >= 15 is 0 Å². The van der Waals surface area contributed by atoms with Crippen molar-refractivity contribution in [3.05, 3.63) is 34.3 Å². The van der Waals surface area contributed by atoms with Gasteiger partial charge in [0.1, 0.15) is 0 Å². The van der Waals surface area contributed by atoms with Crippen LogP contribution in [0.1, 0.15) is 44.2 Å². The van der Waals surface area contributed by atoms with E-state index in [1.165, 1.54) is 24.8 Å². The van der Waals surface area contributed by atoms with Gasteiger partial charge in [-0.1, -0.05) is 40.5 Å². The predicted octanol–water partition coefficient (Wildman–Crippen LogP) is 3.07. The van der Waals surface area contributed by atoms with E-state index in [0.717, 1.165) is 17.4 Å². The lowest BCUT2D eigenvalue weighted by atomic mass is 9.87. The summed E-state index contributed by atoms with van der Waals surface area (Å²) < 4.78 is 1.12. The molecule has 0 bridgehead atoms. The first-order valence-electron chi connectivity index (χ1n) is 7.51.